The zero-order valence-electron chi connectivity index (χ0n) is 24.3. The maximum absolute atomic E-state index is 12.5. The number of aromatic nitrogens is 1. The van der Waals surface area contributed by atoms with E-state index in [1.165, 1.54) is 0 Å². The van der Waals surface area contributed by atoms with Gasteiger partial charge >= 0.3 is 18.3 Å². The fourth-order valence-electron chi connectivity index (χ4n) is 4.14. The van der Waals surface area contributed by atoms with Gasteiger partial charge in [-0.25, -0.2) is 19.3 Å². The first-order valence-corrected chi connectivity index (χ1v) is 13.5. The van der Waals surface area contributed by atoms with Crippen molar-refractivity contribution in [1.29, 1.82) is 0 Å². The number of alkyl carbamates (subject to hydrolysis) is 1. The highest BCUT2D eigenvalue weighted by Crippen LogP contribution is 2.25. The number of nitrogens with zero attached hydrogens (tertiary/aromatic N) is 4. The van der Waals surface area contributed by atoms with E-state index >= 15 is 0 Å². The summed E-state index contributed by atoms with van der Waals surface area (Å²) in [6.07, 6.45) is -0.536. The molecule has 1 aromatic heterocycles. The molecular weight excluding hydrogens is 538 g/mol. The van der Waals surface area contributed by atoms with Crippen LogP contribution in [0.3, 0.4) is 0 Å². The van der Waals surface area contributed by atoms with Crippen LogP contribution in [0.15, 0.2) is 77.9 Å². The molecule has 42 heavy (non-hydrogen) atoms. The van der Waals surface area contributed by atoms with Gasteiger partial charge in [-0.3, -0.25) is 4.98 Å². The maximum Gasteiger partial charge on any atom is 0.434 e. The molecule has 3 N–H and O–H groups in total. The van der Waals surface area contributed by atoms with Crippen molar-refractivity contribution in [2.75, 3.05) is 11.4 Å². The molecule has 0 bridgehead atoms. The van der Waals surface area contributed by atoms with Crippen LogP contribution in [0.2, 0.25) is 0 Å². The first-order valence-electron chi connectivity index (χ1n) is 13.5. The van der Waals surface area contributed by atoms with Crippen molar-refractivity contribution in [3.63, 3.8) is 0 Å². The number of carboxylic acid groups (broad SMARTS) is 2. The lowest BCUT2D eigenvalue weighted by Gasteiger charge is -2.32. The average molecular weight is 576 g/mol. The fraction of sp³-hybridized carbons (Fsp3) is 0.323. The number of pyridine rings is 1. The predicted octanol–water partition coefficient (Wildman–Crippen LogP) is 6.07. The Morgan fingerprint density at radius 2 is 1.52 bits per heavy atom. The predicted molar refractivity (Wildman–Crippen MR) is 160 cm³/mol. The van der Waals surface area contributed by atoms with E-state index in [9.17, 15) is 24.6 Å². The highest BCUT2D eigenvalue weighted by atomic mass is 16.6. The normalized spacial score (nSPS) is 11.5. The van der Waals surface area contributed by atoms with Crippen LogP contribution in [-0.2, 0) is 24.2 Å². The Kier molecular flexibility index (Phi) is 11.0. The number of aliphatic imine (C=N–C) groups is 1. The number of hydrogen-bond acceptors (Lipinski definition) is 5. The monoisotopic (exact) mass is 575 g/mol. The van der Waals surface area contributed by atoms with Crippen LogP contribution in [0.5, 0.6) is 0 Å². The summed E-state index contributed by atoms with van der Waals surface area (Å²) < 4.78 is 5.27. The van der Waals surface area contributed by atoms with Gasteiger partial charge in [-0.1, -0.05) is 60.7 Å². The van der Waals surface area contributed by atoms with E-state index in [1.807, 2.05) is 42.5 Å². The van der Waals surface area contributed by atoms with E-state index in [0.717, 1.165) is 16.0 Å². The van der Waals surface area contributed by atoms with Gasteiger partial charge in [0, 0.05) is 12.7 Å². The SMILES string of the molecule is Cc1ncc(CCCNC(=O)OC(C)(C)C)cc1N(Cc1ccccc1)C(=NC(=O)O)N(Cc1ccccc1)C(=O)O. The number of carbonyl (C=O) groups excluding carboxylic acids is 1. The summed E-state index contributed by atoms with van der Waals surface area (Å²) in [5, 5.41) is 22.7. The Labute approximate surface area is 245 Å². The molecule has 0 aliphatic heterocycles. The van der Waals surface area contributed by atoms with Crippen LogP contribution >= 0.6 is 0 Å². The Bertz CT molecular complexity index is 1390. The Balaban J connectivity index is 1.97. The van der Waals surface area contributed by atoms with Gasteiger partial charge in [-0.05, 0) is 63.3 Å². The molecule has 222 valence electrons. The van der Waals surface area contributed by atoms with Crippen molar-refractivity contribution >= 4 is 29.9 Å². The number of benzene rings is 2. The third-order valence-corrected chi connectivity index (χ3v) is 5.99. The minimum atomic E-state index is -1.53. The van der Waals surface area contributed by atoms with Crippen molar-refractivity contribution in [2.45, 2.75) is 59.2 Å². The topological polar surface area (TPSA) is 145 Å². The lowest BCUT2D eigenvalue weighted by Crippen LogP contribution is -2.47. The zero-order chi connectivity index (χ0) is 30.7. The highest BCUT2D eigenvalue weighted by Gasteiger charge is 2.29. The molecule has 0 spiro atoms. The molecule has 1 heterocycles. The van der Waals surface area contributed by atoms with Crippen LogP contribution < -0.4 is 10.2 Å². The number of carbonyl (C=O) groups is 3. The molecule has 11 heteroatoms. The molecule has 11 nitrogen and oxygen atoms in total. The molecule has 0 radical (unpaired) electrons. The quantitative estimate of drug-likeness (QED) is 0.158. The number of rotatable bonds is 9. The van der Waals surface area contributed by atoms with Gasteiger partial charge in [0.05, 0.1) is 24.5 Å². The molecule has 2 aromatic carbocycles. The van der Waals surface area contributed by atoms with Gasteiger partial charge in [0.2, 0.25) is 5.96 Å². The van der Waals surface area contributed by atoms with Crippen molar-refractivity contribution in [3.8, 4) is 0 Å². The Morgan fingerprint density at radius 1 is 0.929 bits per heavy atom. The molecule has 0 saturated heterocycles. The maximum atomic E-state index is 12.5. The molecule has 0 aliphatic rings. The summed E-state index contributed by atoms with van der Waals surface area (Å²) in [5.41, 5.74) is 2.77. The number of hydrogen-bond donors (Lipinski definition) is 3. The van der Waals surface area contributed by atoms with Crippen LogP contribution in [0.4, 0.5) is 20.1 Å². The number of ether oxygens (including phenoxy) is 1. The van der Waals surface area contributed by atoms with Crippen LogP contribution in [0, 0.1) is 6.92 Å². The van der Waals surface area contributed by atoms with E-state index in [4.69, 9.17) is 4.74 Å². The fourth-order valence-corrected chi connectivity index (χ4v) is 4.14. The highest BCUT2D eigenvalue weighted by molar-refractivity contribution is 6.07. The summed E-state index contributed by atoms with van der Waals surface area (Å²) >= 11 is 0. The van der Waals surface area contributed by atoms with Crippen molar-refractivity contribution in [2.24, 2.45) is 4.99 Å². The molecule has 0 aliphatic carbocycles. The first-order chi connectivity index (χ1) is 19.9. The minimum Gasteiger partial charge on any atom is -0.465 e. The van der Waals surface area contributed by atoms with Crippen molar-refractivity contribution < 1.29 is 29.3 Å². The molecule has 0 saturated carbocycles. The Morgan fingerprint density at radius 3 is 2.07 bits per heavy atom. The molecule has 3 rings (SSSR count). The summed E-state index contributed by atoms with van der Waals surface area (Å²) in [6.45, 7) is 7.54. The van der Waals surface area contributed by atoms with Gasteiger partial charge in [-0.15, -0.1) is 4.99 Å². The van der Waals surface area contributed by atoms with Gasteiger partial charge < -0.3 is 25.2 Å². The van der Waals surface area contributed by atoms with Gasteiger partial charge in [0.25, 0.3) is 0 Å². The summed E-state index contributed by atoms with van der Waals surface area (Å²) in [4.78, 5) is 47.3. The molecule has 0 atom stereocenters. The molecule has 3 amide bonds. The number of anilines is 1. The molecule has 0 unspecified atom stereocenters. The lowest BCUT2D eigenvalue weighted by atomic mass is 10.1. The number of nitrogens with one attached hydrogen (secondary N) is 1. The molecule has 3 aromatic rings. The third-order valence-electron chi connectivity index (χ3n) is 5.99. The third kappa shape index (κ3) is 9.92. The second-order valence-corrected chi connectivity index (χ2v) is 10.6. The van der Waals surface area contributed by atoms with Crippen molar-refractivity contribution in [1.82, 2.24) is 15.2 Å². The van der Waals surface area contributed by atoms with Crippen molar-refractivity contribution in [3.05, 3.63) is 95.3 Å². The van der Waals surface area contributed by atoms with Crippen LogP contribution in [0.25, 0.3) is 0 Å². The minimum absolute atomic E-state index is 0.115. The standard InChI is InChI=1S/C31H37N5O6/c1-22-26(18-25(19-33-22)16-11-17-32-29(39)42-31(2,3)4)35(20-23-12-7-5-8-13-23)27(34-28(37)38)36(30(40)41)21-24-14-9-6-10-15-24/h5-10,12-15,18-19H,11,16-17,20-21H2,1-4H3,(H,32,39)(H,37,38)(H,40,41). The number of aryl methyl sites for hydroxylation is 2. The summed E-state index contributed by atoms with van der Waals surface area (Å²) in [6, 6.07) is 20.0. The smallest absolute Gasteiger partial charge is 0.434 e. The number of guanidine groups is 1. The van der Waals surface area contributed by atoms with E-state index in [0.29, 0.717) is 36.3 Å². The average Bonchev–Trinajstić information content (AvgIpc) is 2.92. The molecule has 0 fully saturated rings. The van der Waals surface area contributed by atoms with E-state index in [-0.39, 0.29) is 19.0 Å². The first kappa shape index (κ1) is 31.6. The number of amides is 3. The molecular formula is C31H37N5O6. The second-order valence-electron chi connectivity index (χ2n) is 10.6. The van der Waals surface area contributed by atoms with E-state index in [2.05, 4.69) is 15.3 Å². The van der Waals surface area contributed by atoms with E-state index in [1.54, 1.807) is 63.1 Å². The Hall–Kier alpha value is -4.93. The second kappa shape index (κ2) is 14.6. The summed E-state index contributed by atoms with van der Waals surface area (Å²) in [7, 11) is 0. The van der Waals surface area contributed by atoms with Crippen LogP contribution in [-0.4, -0.2) is 56.5 Å². The largest absolute Gasteiger partial charge is 0.465 e. The van der Waals surface area contributed by atoms with E-state index < -0.39 is 23.9 Å². The zero-order valence-corrected chi connectivity index (χ0v) is 24.3. The van der Waals surface area contributed by atoms with Gasteiger partial charge in [0.1, 0.15) is 5.60 Å². The van der Waals surface area contributed by atoms with Crippen LogP contribution in [0.1, 0.15) is 49.6 Å². The van der Waals surface area contributed by atoms with Gasteiger partial charge in [-0.2, -0.15) is 0 Å². The summed E-state index contributed by atoms with van der Waals surface area (Å²) in [5.74, 6) is -0.267. The lowest BCUT2D eigenvalue weighted by molar-refractivity contribution is 0.0527. The van der Waals surface area contributed by atoms with Gasteiger partial charge in [0.15, 0.2) is 0 Å².